The number of nitrogens with zero attached hydrogens (tertiary/aromatic N) is 5. The zero-order valence-corrected chi connectivity index (χ0v) is 18.9. The smallest absolute Gasteiger partial charge is 0.230 e. The second kappa shape index (κ2) is 8.91. The number of nitrogens with one attached hydrogen (secondary N) is 1. The summed E-state index contributed by atoms with van der Waals surface area (Å²) in [6.07, 6.45) is 5.46. The van der Waals surface area contributed by atoms with Crippen LogP contribution in [0.5, 0.6) is 11.6 Å². The quantitative estimate of drug-likeness (QED) is 0.494. The van der Waals surface area contributed by atoms with Crippen molar-refractivity contribution in [1.29, 1.82) is 0 Å². The second-order valence-electron chi connectivity index (χ2n) is 8.17. The third kappa shape index (κ3) is 4.51. The molecular weight excluding hydrogens is 416 g/mol. The number of likely N-dealkylation sites (N-methyl/N-ethyl adjacent to an activating group) is 1. The molecule has 1 N–H and O–H groups in total. The minimum absolute atomic E-state index is 0.0989. The number of fused-ring (bicyclic) bond motifs is 1. The van der Waals surface area contributed by atoms with Gasteiger partial charge in [0, 0.05) is 42.8 Å². The van der Waals surface area contributed by atoms with Crippen LogP contribution >= 0.6 is 0 Å². The Morgan fingerprint density at radius 1 is 1.12 bits per heavy atom. The molecule has 0 saturated carbocycles. The van der Waals surface area contributed by atoms with Gasteiger partial charge < -0.3 is 19.4 Å². The number of anilines is 2. The van der Waals surface area contributed by atoms with Crippen LogP contribution in [-0.2, 0) is 6.54 Å². The monoisotopic (exact) mass is 442 g/mol. The van der Waals surface area contributed by atoms with E-state index in [1.807, 2.05) is 60.3 Å². The lowest BCUT2D eigenvalue weighted by Gasteiger charge is -2.20. The fourth-order valence-electron chi connectivity index (χ4n) is 3.96. The number of methoxy groups -OCH3 is 1. The van der Waals surface area contributed by atoms with Crippen LogP contribution in [0.25, 0.3) is 5.69 Å². The zero-order chi connectivity index (χ0) is 22.8. The van der Waals surface area contributed by atoms with Crippen LogP contribution in [0.2, 0.25) is 0 Å². The van der Waals surface area contributed by atoms with Gasteiger partial charge in [-0.3, -0.25) is 4.90 Å². The minimum atomic E-state index is -0.0989. The first-order chi connectivity index (χ1) is 16.1. The number of rotatable bonds is 5. The molecule has 0 amide bonds. The first-order valence-electron chi connectivity index (χ1n) is 10.8. The highest BCUT2D eigenvalue weighted by molar-refractivity contribution is 5.62. The summed E-state index contributed by atoms with van der Waals surface area (Å²) in [6.45, 7) is 3.46. The van der Waals surface area contributed by atoms with Gasteiger partial charge in [0.25, 0.3) is 0 Å². The largest absolute Gasteiger partial charge is 0.494 e. The molecule has 0 aliphatic carbocycles. The standard InChI is InChI=1S/C25H26N6O2/c1-17-13-31(16-27-17)21-10-9-20(11-22(21)32-3)28-25-26-12-19-14-30(2)15-23(33-24(19)29-25)18-7-5-4-6-8-18/h4-13,16,23H,14-15H2,1-3H3,(H,26,28,29). The predicted molar refractivity (Wildman–Crippen MR) is 126 cm³/mol. The topological polar surface area (TPSA) is 77.3 Å². The molecule has 33 heavy (non-hydrogen) atoms. The van der Waals surface area contributed by atoms with Gasteiger partial charge in [-0.05, 0) is 31.7 Å². The van der Waals surface area contributed by atoms with E-state index in [4.69, 9.17) is 14.5 Å². The average molecular weight is 443 g/mol. The number of hydrogen-bond donors (Lipinski definition) is 1. The fourth-order valence-corrected chi connectivity index (χ4v) is 3.96. The highest BCUT2D eigenvalue weighted by Gasteiger charge is 2.24. The summed E-state index contributed by atoms with van der Waals surface area (Å²) in [4.78, 5) is 15.7. The number of benzene rings is 2. The summed E-state index contributed by atoms with van der Waals surface area (Å²) in [5.41, 5.74) is 4.75. The van der Waals surface area contributed by atoms with Crippen LogP contribution in [0, 0.1) is 6.92 Å². The first kappa shape index (κ1) is 21.0. The van der Waals surface area contributed by atoms with Gasteiger partial charge in [0.05, 0.1) is 24.8 Å². The molecule has 1 unspecified atom stereocenters. The molecule has 0 spiro atoms. The summed E-state index contributed by atoms with van der Waals surface area (Å²) in [5.74, 6) is 1.79. The van der Waals surface area contributed by atoms with E-state index in [9.17, 15) is 0 Å². The molecule has 168 valence electrons. The van der Waals surface area contributed by atoms with Gasteiger partial charge in [0.2, 0.25) is 11.8 Å². The van der Waals surface area contributed by atoms with Crippen molar-refractivity contribution in [1.82, 2.24) is 24.4 Å². The van der Waals surface area contributed by atoms with E-state index >= 15 is 0 Å². The SMILES string of the molecule is COc1cc(Nc2ncc3c(n2)OC(c2ccccc2)CN(C)C3)ccc1-n1cnc(C)c1. The molecule has 8 heteroatoms. The van der Waals surface area contributed by atoms with E-state index in [0.717, 1.165) is 41.3 Å². The molecule has 1 aliphatic rings. The fraction of sp³-hybridized carbons (Fsp3) is 0.240. The van der Waals surface area contributed by atoms with E-state index in [1.54, 1.807) is 13.4 Å². The van der Waals surface area contributed by atoms with Crippen LogP contribution in [0.4, 0.5) is 11.6 Å². The van der Waals surface area contributed by atoms with Crippen LogP contribution < -0.4 is 14.8 Å². The third-order valence-corrected chi connectivity index (χ3v) is 5.59. The molecule has 1 atom stereocenters. The van der Waals surface area contributed by atoms with Crippen LogP contribution in [0.15, 0.2) is 67.3 Å². The summed E-state index contributed by atoms with van der Waals surface area (Å²) >= 11 is 0. The number of ether oxygens (including phenoxy) is 2. The second-order valence-corrected chi connectivity index (χ2v) is 8.17. The number of aryl methyl sites for hydroxylation is 1. The maximum Gasteiger partial charge on any atom is 0.230 e. The maximum absolute atomic E-state index is 6.35. The zero-order valence-electron chi connectivity index (χ0n) is 18.9. The molecule has 0 radical (unpaired) electrons. The summed E-state index contributed by atoms with van der Waals surface area (Å²) < 4.78 is 13.9. The van der Waals surface area contributed by atoms with E-state index in [1.165, 1.54) is 0 Å². The Morgan fingerprint density at radius 2 is 1.97 bits per heavy atom. The normalized spacial score (nSPS) is 15.9. The highest BCUT2D eigenvalue weighted by Crippen LogP contribution is 2.31. The molecule has 0 saturated heterocycles. The molecule has 0 bridgehead atoms. The van der Waals surface area contributed by atoms with Crippen LogP contribution in [-0.4, -0.2) is 45.1 Å². The Kier molecular flexibility index (Phi) is 5.66. The van der Waals surface area contributed by atoms with Crippen molar-refractivity contribution in [3.63, 3.8) is 0 Å². The van der Waals surface area contributed by atoms with Crippen molar-refractivity contribution >= 4 is 11.6 Å². The highest BCUT2D eigenvalue weighted by atomic mass is 16.5. The Labute approximate surface area is 192 Å². The molecule has 2 aromatic carbocycles. The lowest BCUT2D eigenvalue weighted by Crippen LogP contribution is -2.24. The Balaban J connectivity index is 1.41. The van der Waals surface area contributed by atoms with Crippen LogP contribution in [0.3, 0.4) is 0 Å². The van der Waals surface area contributed by atoms with Gasteiger partial charge >= 0.3 is 0 Å². The van der Waals surface area contributed by atoms with Gasteiger partial charge in [-0.1, -0.05) is 30.3 Å². The molecule has 3 heterocycles. The van der Waals surface area contributed by atoms with Crippen molar-refractivity contribution in [2.24, 2.45) is 0 Å². The summed E-state index contributed by atoms with van der Waals surface area (Å²) in [6, 6.07) is 16.1. The van der Waals surface area contributed by atoms with Gasteiger partial charge in [-0.25, -0.2) is 9.97 Å². The summed E-state index contributed by atoms with van der Waals surface area (Å²) in [7, 11) is 3.73. The first-order valence-corrected chi connectivity index (χ1v) is 10.8. The van der Waals surface area contributed by atoms with E-state index < -0.39 is 0 Å². The average Bonchev–Trinajstić information content (AvgIpc) is 3.18. The molecular formula is C25H26N6O2. The Bertz CT molecular complexity index is 1260. The number of hydrogen-bond acceptors (Lipinski definition) is 7. The van der Waals surface area contributed by atoms with Gasteiger partial charge in [-0.2, -0.15) is 4.98 Å². The van der Waals surface area contributed by atoms with Gasteiger partial charge in [0.1, 0.15) is 11.9 Å². The lowest BCUT2D eigenvalue weighted by molar-refractivity contribution is 0.160. The number of imidazole rings is 1. The predicted octanol–water partition coefficient (Wildman–Crippen LogP) is 4.29. The van der Waals surface area contributed by atoms with E-state index in [0.29, 0.717) is 17.6 Å². The maximum atomic E-state index is 6.35. The summed E-state index contributed by atoms with van der Waals surface area (Å²) in [5, 5.41) is 3.28. The van der Waals surface area contributed by atoms with Crippen molar-refractivity contribution in [2.75, 3.05) is 26.0 Å². The number of aromatic nitrogens is 4. The van der Waals surface area contributed by atoms with E-state index in [-0.39, 0.29) is 6.10 Å². The third-order valence-electron chi connectivity index (χ3n) is 5.59. The minimum Gasteiger partial charge on any atom is -0.494 e. The Morgan fingerprint density at radius 3 is 2.73 bits per heavy atom. The van der Waals surface area contributed by atoms with E-state index in [2.05, 4.69) is 39.4 Å². The van der Waals surface area contributed by atoms with Crippen molar-refractivity contribution in [3.05, 3.63) is 84.1 Å². The molecule has 2 aromatic heterocycles. The molecule has 4 aromatic rings. The molecule has 8 nitrogen and oxygen atoms in total. The van der Waals surface area contributed by atoms with Crippen molar-refractivity contribution in [2.45, 2.75) is 19.6 Å². The molecule has 5 rings (SSSR count). The van der Waals surface area contributed by atoms with Gasteiger partial charge in [-0.15, -0.1) is 0 Å². The van der Waals surface area contributed by atoms with Crippen molar-refractivity contribution < 1.29 is 9.47 Å². The van der Waals surface area contributed by atoms with Crippen molar-refractivity contribution in [3.8, 4) is 17.3 Å². The van der Waals surface area contributed by atoms with Crippen LogP contribution in [0.1, 0.15) is 22.9 Å². The van der Waals surface area contributed by atoms with Gasteiger partial charge in [0.15, 0.2) is 0 Å². The molecule has 0 fully saturated rings. The lowest BCUT2D eigenvalue weighted by atomic mass is 10.1. The Hall–Kier alpha value is -3.91. The molecule has 1 aliphatic heterocycles.